The average molecular weight is 314 g/mol. The molecule has 0 unspecified atom stereocenters. The average Bonchev–Trinajstić information content (AvgIpc) is 2.94. The van der Waals surface area contributed by atoms with Crippen LogP contribution in [0.5, 0.6) is 0 Å². The molecule has 0 spiro atoms. The van der Waals surface area contributed by atoms with Crippen LogP contribution in [0, 0.1) is 0 Å². The van der Waals surface area contributed by atoms with E-state index in [1.165, 1.54) is 6.42 Å². The molecule has 1 aliphatic rings. The van der Waals surface area contributed by atoms with Crippen LogP contribution in [0.15, 0.2) is 34.9 Å². The van der Waals surface area contributed by atoms with Gasteiger partial charge in [0.1, 0.15) is 0 Å². The molecule has 122 valence electrons. The highest BCUT2D eigenvalue weighted by Crippen LogP contribution is 2.35. The van der Waals surface area contributed by atoms with Gasteiger partial charge in [-0.05, 0) is 25.3 Å². The monoisotopic (exact) mass is 314 g/mol. The van der Waals surface area contributed by atoms with Crippen molar-refractivity contribution in [1.29, 1.82) is 0 Å². The fourth-order valence-electron chi connectivity index (χ4n) is 2.56. The van der Waals surface area contributed by atoms with Crippen molar-refractivity contribution >= 4 is 6.03 Å². The zero-order chi connectivity index (χ0) is 16.2. The van der Waals surface area contributed by atoms with Gasteiger partial charge < -0.3 is 14.7 Å². The summed E-state index contributed by atoms with van der Waals surface area (Å²) in [6.45, 7) is 2.30. The molecule has 23 heavy (non-hydrogen) atoms. The molecule has 0 aliphatic heterocycles. The molecule has 1 aromatic carbocycles. The SMILES string of the molecule is C[C@H](NC(=O)N(C)Cc1noc(C2CCC2)n1)c1ccccc1. The number of carbonyl (C=O) groups excluding carboxylic acids is 1. The molecule has 3 rings (SSSR count). The van der Waals surface area contributed by atoms with Crippen molar-refractivity contribution in [3.8, 4) is 0 Å². The van der Waals surface area contributed by atoms with Crippen molar-refractivity contribution in [2.75, 3.05) is 7.05 Å². The summed E-state index contributed by atoms with van der Waals surface area (Å²) in [5.41, 5.74) is 1.07. The molecular formula is C17H22N4O2. The molecule has 1 saturated carbocycles. The lowest BCUT2D eigenvalue weighted by molar-refractivity contribution is 0.201. The van der Waals surface area contributed by atoms with Gasteiger partial charge in [-0.2, -0.15) is 4.98 Å². The predicted molar refractivity (Wildman–Crippen MR) is 85.7 cm³/mol. The van der Waals surface area contributed by atoms with Crippen molar-refractivity contribution in [1.82, 2.24) is 20.4 Å². The van der Waals surface area contributed by atoms with Crippen molar-refractivity contribution in [3.63, 3.8) is 0 Å². The van der Waals surface area contributed by atoms with Crippen LogP contribution in [-0.2, 0) is 6.54 Å². The maximum atomic E-state index is 12.3. The van der Waals surface area contributed by atoms with Gasteiger partial charge in [0.05, 0.1) is 12.6 Å². The van der Waals surface area contributed by atoms with Crippen molar-refractivity contribution in [2.24, 2.45) is 0 Å². The molecule has 1 heterocycles. The van der Waals surface area contributed by atoms with Gasteiger partial charge in [-0.25, -0.2) is 4.79 Å². The number of aromatic nitrogens is 2. The van der Waals surface area contributed by atoms with E-state index in [1.807, 2.05) is 37.3 Å². The first-order valence-corrected chi connectivity index (χ1v) is 8.02. The summed E-state index contributed by atoms with van der Waals surface area (Å²) in [6, 6.07) is 9.66. The number of urea groups is 1. The fourth-order valence-corrected chi connectivity index (χ4v) is 2.56. The summed E-state index contributed by atoms with van der Waals surface area (Å²) >= 11 is 0. The van der Waals surface area contributed by atoms with Gasteiger partial charge in [-0.15, -0.1) is 0 Å². The standard InChI is InChI=1S/C17H22N4O2/c1-12(13-7-4-3-5-8-13)18-17(22)21(2)11-15-19-16(23-20-15)14-9-6-10-14/h3-5,7-8,12,14H,6,9-11H2,1-2H3,(H,18,22)/t12-/m0/s1. The molecule has 0 radical (unpaired) electrons. The molecule has 1 aromatic heterocycles. The number of nitrogens with one attached hydrogen (secondary N) is 1. The molecular weight excluding hydrogens is 292 g/mol. The highest BCUT2D eigenvalue weighted by atomic mass is 16.5. The third kappa shape index (κ3) is 3.70. The second kappa shape index (κ2) is 6.81. The molecule has 1 fully saturated rings. The summed E-state index contributed by atoms with van der Waals surface area (Å²) in [4.78, 5) is 18.2. The number of benzene rings is 1. The topological polar surface area (TPSA) is 71.3 Å². The van der Waals surface area contributed by atoms with Gasteiger partial charge >= 0.3 is 6.03 Å². The summed E-state index contributed by atoms with van der Waals surface area (Å²) in [6.07, 6.45) is 3.46. The van der Waals surface area contributed by atoms with E-state index in [-0.39, 0.29) is 12.1 Å². The normalized spacial score (nSPS) is 15.7. The Hall–Kier alpha value is -2.37. The Kier molecular flexibility index (Phi) is 4.60. The van der Waals surface area contributed by atoms with Crippen LogP contribution in [0.25, 0.3) is 0 Å². The largest absolute Gasteiger partial charge is 0.339 e. The number of amides is 2. The first kappa shape index (κ1) is 15.5. The molecule has 2 aromatic rings. The quantitative estimate of drug-likeness (QED) is 0.919. The minimum atomic E-state index is -0.156. The second-order valence-corrected chi connectivity index (χ2v) is 6.11. The number of nitrogens with zero attached hydrogens (tertiary/aromatic N) is 3. The van der Waals surface area contributed by atoms with Gasteiger partial charge in [-0.3, -0.25) is 0 Å². The zero-order valence-electron chi connectivity index (χ0n) is 13.5. The Balaban J connectivity index is 1.54. The Morgan fingerprint density at radius 2 is 2.13 bits per heavy atom. The van der Waals surface area contributed by atoms with Crippen LogP contribution < -0.4 is 5.32 Å². The minimum absolute atomic E-state index is 0.0537. The highest BCUT2D eigenvalue weighted by molar-refractivity contribution is 5.74. The molecule has 0 bridgehead atoms. The van der Waals surface area contributed by atoms with E-state index in [2.05, 4.69) is 15.5 Å². The summed E-state index contributed by atoms with van der Waals surface area (Å²) in [5, 5.41) is 6.94. The lowest BCUT2D eigenvalue weighted by Crippen LogP contribution is -2.38. The Bertz CT molecular complexity index is 652. The first-order valence-electron chi connectivity index (χ1n) is 8.02. The van der Waals surface area contributed by atoms with E-state index in [4.69, 9.17) is 4.52 Å². The highest BCUT2D eigenvalue weighted by Gasteiger charge is 2.26. The summed E-state index contributed by atoms with van der Waals surface area (Å²) < 4.78 is 5.28. The predicted octanol–water partition coefficient (Wildman–Crippen LogP) is 3.24. The molecule has 6 heteroatoms. The van der Waals surface area contributed by atoms with Crippen molar-refractivity contribution in [3.05, 3.63) is 47.6 Å². The second-order valence-electron chi connectivity index (χ2n) is 6.11. The van der Waals surface area contributed by atoms with Gasteiger partial charge in [0.25, 0.3) is 0 Å². The lowest BCUT2D eigenvalue weighted by Gasteiger charge is -2.21. The maximum Gasteiger partial charge on any atom is 0.318 e. The minimum Gasteiger partial charge on any atom is -0.339 e. The van der Waals surface area contributed by atoms with Crippen LogP contribution in [-0.4, -0.2) is 28.1 Å². The Morgan fingerprint density at radius 3 is 2.78 bits per heavy atom. The fraction of sp³-hybridized carbons (Fsp3) is 0.471. The molecule has 1 aliphatic carbocycles. The smallest absolute Gasteiger partial charge is 0.318 e. The number of carbonyl (C=O) groups is 1. The third-order valence-corrected chi connectivity index (χ3v) is 4.30. The molecule has 1 N–H and O–H groups in total. The Labute approximate surface area is 135 Å². The Morgan fingerprint density at radius 1 is 1.39 bits per heavy atom. The van der Waals surface area contributed by atoms with E-state index in [9.17, 15) is 4.79 Å². The van der Waals surface area contributed by atoms with E-state index >= 15 is 0 Å². The van der Waals surface area contributed by atoms with E-state index < -0.39 is 0 Å². The number of hydrogen-bond donors (Lipinski definition) is 1. The van der Waals surface area contributed by atoms with Crippen LogP contribution in [0.3, 0.4) is 0 Å². The molecule has 0 saturated heterocycles. The van der Waals surface area contributed by atoms with E-state index in [0.717, 1.165) is 18.4 Å². The molecule has 2 amide bonds. The van der Waals surface area contributed by atoms with Crippen LogP contribution in [0.4, 0.5) is 4.79 Å². The summed E-state index contributed by atoms with van der Waals surface area (Å²) in [5.74, 6) is 1.67. The summed E-state index contributed by atoms with van der Waals surface area (Å²) in [7, 11) is 1.73. The maximum absolute atomic E-state index is 12.3. The van der Waals surface area contributed by atoms with Crippen LogP contribution >= 0.6 is 0 Å². The lowest BCUT2D eigenvalue weighted by atomic mass is 9.85. The van der Waals surface area contributed by atoms with Gasteiger partial charge in [-0.1, -0.05) is 41.9 Å². The van der Waals surface area contributed by atoms with Gasteiger partial charge in [0, 0.05) is 13.0 Å². The van der Waals surface area contributed by atoms with E-state index in [1.54, 1.807) is 11.9 Å². The number of hydrogen-bond acceptors (Lipinski definition) is 4. The van der Waals surface area contributed by atoms with Gasteiger partial charge in [0.15, 0.2) is 5.82 Å². The number of rotatable bonds is 5. The third-order valence-electron chi connectivity index (χ3n) is 4.30. The van der Waals surface area contributed by atoms with Crippen LogP contribution in [0.2, 0.25) is 0 Å². The van der Waals surface area contributed by atoms with Crippen LogP contribution in [0.1, 0.15) is 55.4 Å². The zero-order valence-corrected chi connectivity index (χ0v) is 13.5. The first-order chi connectivity index (χ1) is 11.1. The van der Waals surface area contributed by atoms with E-state index in [0.29, 0.717) is 24.2 Å². The van der Waals surface area contributed by atoms with Crippen molar-refractivity contribution < 1.29 is 9.32 Å². The van der Waals surface area contributed by atoms with Crippen molar-refractivity contribution in [2.45, 2.75) is 44.7 Å². The van der Waals surface area contributed by atoms with Gasteiger partial charge in [0.2, 0.25) is 5.89 Å². The molecule has 1 atom stereocenters. The molecule has 6 nitrogen and oxygen atoms in total.